The minimum atomic E-state index is -1.42. The van der Waals surface area contributed by atoms with Crippen molar-refractivity contribution in [1.82, 2.24) is 9.97 Å². The van der Waals surface area contributed by atoms with Gasteiger partial charge in [-0.3, -0.25) is 4.98 Å². The highest BCUT2D eigenvalue weighted by molar-refractivity contribution is 5.26. The lowest BCUT2D eigenvalue weighted by Crippen LogP contribution is -1.98. The van der Waals surface area contributed by atoms with Crippen LogP contribution in [-0.4, -0.2) is 9.97 Å². The maximum Gasteiger partial charge on any atom is 0.258 e. The van der Waals surface area contributed by atoms with Gasteiger partial charge in [0, 0.05) is 11.8 Å². The summed E-state index contributed by atoms with van der Waals surface area (Å²) in [7, 11) is 0. The summed E-state index contributed by atoms with van der Waals surface area (Å²) in [5.74, 6) is -4.30. The van der Waals surface area contributed by atoms with Gasteiger partial charge in [0.25, 0.3) is 11.8 Å². The summed E-state index contributed by atoms with van der Waals surface area (Å²) in [5.41, 5.74) is 0.746. The fraction of sp³-hybridized carbons (Fsp3) is 0.0909. The molecule has 0 fully saturated rings. The van der Waals surface area contributed by atoms with E-state index in [4.69, 9.17) is 4.74 Å². The van der Waals surface area contributed by atoms with Crippen LogP contribution in [0.5, 0.6) is 11.6 Å². The molecule has 0 atom stereocenters. The number of ether oxygens (including phenoxy) is 1. The van der Waals surface area contributed by atoms with E-state index in [9.17, 15) is 13.2 Å². The van der Waals surface area contributed by atoms with Crippen LogP contribution < -0.4 is 4.74 Å². The van der Waals surface area contributed by atoms with E-state index >= 15 is 0 Å². The smallest absolute Gasteiger partial charge is 0.258 e. The maximum atomic E-state index is 13.2. The van der Waals surface area contributed by atoms with Crippen LogP contribution in [0.3, 0.4) is 0 Å². The second kappa shape index (κ2) is 4.40. The van der Waals surface area contributed by atoms with Crippen molar-refractivity contribution < 1.29 is 17.9 Å². The zero-order valence-corrected chi connectivity index (χ0v) is 8.75. The van der Waals surface area contributed by atoms with Crippen molar-refractivity contribution in [3.05, 3.63) is 47.7 Å². The average Bonchev–Trinajstić information content (AvgIpc) is 2.29. The first kappa shape index (κ1) is 11.4. The number of rotatable bonds is 2. The lowest BCUT2D eigenvalue weighted by atomic mass is 10.4. The van der Waals surface area contributed by atoms with Gasteiger partial charge in [0.05, 0.1) is 6.20 Å². The third kappa shape index (κ3) is 2.52. The van der Waals surface area contributed by atoms with Gasteiger partial charge in [-0.05, 0) is 19.1 Å². The highest BCUT2D eigenvalue weighted by atomic mass is 19.2. The second-order valence-electron chi connectivity index (χ2n) is 3.29. The molecule has 6 heteroatoms. The Balaban J connectivity index is 2.30. The van der Waals surface area contributed by atoms with E-state index in [-0.39, 0.29) is 5.75 Å². The minimum absolute atomic E-state index is 0.188. The summed E-state index contributed by atoms with van der Waals surface area (Å²) in [4.78, 5) is 6.93. The van der Waals surface area contributed by atoms with Crippen molar-refractivity contribution >= 4 is 0 Å². The maximum absolute atomic E-state index is 13.2. The summed E-state index contributed by atoms with van der Waals surface area (Å²) in [5, 5.41) is 0. The summed E-state index contributed by atoms with van der Waals surface area (Å²) in [6.45, 7) is 1.76. The molecule has 0 unspecified atom stereocenters. The molecule has 0 aromatic carbocycles. The summed E-state index contributed by atoms with van der Waals surface area (Å²) < 4.78 is 43.5. The molecule has 2 aromatic heterocycles. The number of halogens is 3. The van der Waals surface area contributed by atoms with Crippen LogP contribution in [0.15, 0.2) is 24.4 Å². The Morgan fingerprint density at radius 2 is 1.88 bits per heavy atom. The fourth-order valence-electron chi connectivity index (χ4n) is 1.13. The van der Waals surface area contributed by atoms with E-state index < -0.39 is 23.5 Å². The van der Waals surface area contributed by atoms with Crippen molar-refractivity contribution in [3.8, 4) is 11.6 Å². The predicted octanol–water partition coefficient (Wildman–Crippen LogP) is 2.99. The molecule has 0 radical (unpaired) electrons. The zero-order chi connectivity index (χ0) is 12.4. The Morgan fingerprint density at radius 3 is 2.53 bits per heavy atom. The third-order valence-corrected chi connectivity index (χ3v) is 1.95. The van der Waals surface area contributed by atoms with Gasteiger partial charge in [-0.2, -0.15) is 9.37 Å². The van der Waals surface area contributed by atoms with Crippen molar-refractivity contribution in [2.24, 2.45) is 0 Å². The van der Waals surface area contributed by atoms with Gasteiger partial charge >= 0.3 is 0 Å². The van der Waals surface area contributed by atoms with E-state index in [0.717, 1.165) is 5.69 Å². The van der Waals surface area contributed by atoms with Crippen molar-refractivity contribution in [1.29, 1.82) is 0 Å². The van der Waals surface area contributed by atoms with Gasteiger partial charge in [-0.15, -0.1) is 0 Å². The minimum Gasteiger partial charge on any atom is -0.435 e. The SMILES string of the molecule is Cc1ccc(Oc2nc(F)c(F)cc2F)cn1. The van der Waals surface area contributed by atoms with E-state index in [1.165, 1.54) is 12.3 Å². The molecule has 17 heavy (non-hydrogen) atoms. The summed E-state index contributed by atoms with van der Waals surface area (Å²) in [6, 6.07) is 3.52. The molecule has 2 heterocycles. The van der Waals surface area contributed by atoms with E-state index in [0.29, 0.717) is 6.07 Å². The van der Waals surface area contributed by atoms with E-state index in [2.05, 4.69) is 9.97 Å². The number of nitrogens with zero attached hydrogens (tertiary/aromatic N) is 2. The average molecular weight is 240 g/mol. The van der Waals surface area contributed by atoms with Crippen LogP contribution >= 0.6 is 0 Å². The molecule has 0 aliphatic rings. The molecule has 2 aromatic rings. The van der Waals surface area contributed by atoms with Gasteiger partial charge in [-0.25, -0.2) is 8.78 Å². The van der Waals surface area contributed by atoms with Crippen LogP contribution in [0.4, 0.5) is 13.2 Å². The van der Waals surface area contributed by atoms with E-state index in [1.807, 2.05) is 0 Å². The summed E-state index contributed by atoms with van der Waals surface area (Å²) >= 11 is 0. The first-order chi connectivity index (χ1) is 8.06. The first-order valence-corrected chi connectivity index (χ1v) is 4.68. The van der Waals surface area contributed by atoms with Gasteiger partial charge < -0.3 is 4.74 Å². The summed E-state index contributed by atoms with van der Waals surface area (Å²) in [6.07, 6.45) is 1.33. The van der Waals surface area contributed by atoms with E-state index in [1.54, 1.807) is 13.0 Å². The number of pyridine rings is 2. The second-order valence-corrected chi connectivity index (χ2v) is 3.29. The molecule has 0 bridgehead atoms. The molecule has 2 rings (SSSR count). The van der Waals surface area contributed by atoms with Crippen LogP contribution in [0.1, 0.15) is 5.69 Å². The van der Waals surface area contributed by atoms with Crippen LogP contribution in [0, 0.1) is 24.5 Å². The number of hydrogen-bond acceptors (Lipinski definition) is 3. The van der Waals surface area contributed by atoms with Gasteiger partial charge in [-0.1, -0.05) is 0 Å². The Bertz CT molecular complexity index is 543. The lowest BCUT2D eigenvalue weighted by Gasteiger charge is -2.05. The van der Waals surface area contributed by atoms with Crippen LogP contribution in [0.25, 0.3) is 0 Å². The standard InChI is InChI=1S/C11H7F3N2O/c1-6-2-3-7(5-15-6)17-11-9(13)4-8(12)10(14)16-11/h2-5H,1H3. The molecule has 0 aliphatic heterocycles. The largest absolute Gasteiger partial charge is 0.435 e. The van der Waals surface area contributed by atoms with Crippen LogP contribution in [-0.2, 0) is 0 Å². The molecule has 0 N–H and O–H groups in total. The molecule has 0 saturated carbocycles. The molecular weight excluding hydrogens is 233 g/mol. The molecule has 0 spiro atoms. The molecule has 0 aliphatic carbocycles. The number of aromatic nitrogens is 2. The van der Waals surface area contributed by atoms with Crippen molar-refractivity contribution in [2.45, 2.75) is 6.92 Å². The lowest BCUT2D eigenvalue weighted by molar-refractivity contribution is 0.386. The zero-order valence-electron chi connectivity index (χ0n) is 8.75. The highest BCUT2D eigenvalue weighted by Crippen LogP contribution is 2.22. The molecule has 3 nitrogen and oxygen atoms in total. The fourth-order valence-corrected chi connectivity index (χ4v) is 1.13. The first-order valence-electron chi connectivity index (χ1n) is 4.68. The number of aryl methyl sites for hydroxylation is 1. The normalized spacial score (nSPS) is 10.4. The van der Waals surface area contributed by atoms with Gasteiger partial charge in [0.2, 0.25) is 0 Å². The Kier molecular flexibility index (Phi) is 2.95. The molecule has 88 valence electrons. The monoisotopic (exact) mass is 240 g/mol. The third-order valence-electron chi connectivity index (χ3n) is 1.95. The molecule has 0 amide bonds. The van der Waals surface area contributed by atoms with Crippen molar-refractivity contribution in [3.63, 3.8) is 0 Å². The van der Waals surface area contributed by atoms with Gasteiger partial charge in [0.1, 0.15) is 5.75 Å². The Hall–Kier alpha value is -2.11. The highest BCUT2D eigenvalue weighted by Gasteiger charge is 2.13. The topological polar surface area (TPSA) is 35.0 Å². The van der Waals surface area contributed by atoms with Crippen LogP contribution in [0.2, 0.25) is 0 Å². The Labute approximate surface area is 94.9 Å². The number of hydrogen-bond donors (Lipinski definition) is 0. The quantitative estimate of drug-likeness (QED) is 0.757. The Morgan fingerprint density at radius 1 is 1.12 bits per heavy atom. The van der Waals surface area contributed by atoms with Crippen molar-refractivity contribution in [2.75, 3.05) is 0 Å². The predicted molar refractivity (Wildman–Crippen MR) is 53.2 cm³/mol. The molecule has 0 saturated heterocycles. The van der Waals surface area contributed by atoms with Gasteiger partial charge in [0.15, 0.2) is 11.6 Å². The molecular formula is C11H7F3N2O.